The van der Waals surface area contributed by atoms with Gasteiger partial charge in [-0.1, -0.05) is 65.8 Å². The Labute approximate surface area is 203 Å². The van der Waals surface area contributed by atoms with Crippen LogP contribution in [0.1, 0.15) is 10.4 Å². The number of thioether (sulfide) groups is 1. The zero-order chi connectivity index (χ0) is 23.4. The van der Waals surface area contributed by atoms with Gasteiger partial charge in [-0.3, -0.25) is 4.79 Å². The number of methoxy groups -OCH3 is 1. The fourth-order valence-electron chi connectivity index (χ4n) is 3.20. The SMILES string of the molecule is COC(=O)c1c(-c2ccccc2)csc1NC(=O)CSc1nnc(-c2ccccc2Cl)n1C. The highest BCUT2D eigenvalue weighted by molar-refractivity contribution is 7.99. The van der Waals surface area contributed by atoms with E-state index in [1.165, 1.54) is 30.2 Å². The number of amides is 1. The molecular formula is C23H19ClN4O3S2. The van der Waals surface area contributed by atoms with Gasteiger partial charge in [-0.05, 0) is 17.7 Å². The van der Waals surface area contributed by atoms with Crippen molar-refractivity contribution in [3.63, 3.8) is 0 Å². The average Bonchev–Trinajstić information content (AvgIpc) is 3.41. The molecule has 33 heavy (non-hydrogen) atoms. The number of esters is 1. The summed E-state index contributed by atoms with van der Waals surface area (Å²) in [7, 11) is 3.14. The number of nitrogens with zero attached hydrogens (tertiary/aromatic N) is 3. The number of thiophene rings is 1. The van der Waals surface area contributed by atoms with Gasteiger partial charge in [-0.25, -0.2) is 4.79 Å². The molecule has 0 atom stereocenters. The number of hydrogen-bond acceptors (Lipinski definition) is 7. The smallest absolute Gasteiger partial charge is 0.341 e. The van der Waals surface area contributed by atoms with Crippen molar-refractivity contribution in [1.29, 1.82) is 0 Å². The molecule has 4 aromatic rings. The zero-order valence-corrected chi connectivity index (χ0v) is 20.1. The summed E-state index contributed by atoms with van der Waals surface area (Å²) < 4.78 is 6.75. The lowest BCUT2D eigenvalue weighted by atomic mass is 10.0. The van der Waals surface area contributed by atoms with Gasteiger partial charge in [0, 0.05) is 23.6 Å². The summed E-state index contributed by atoms with van der Waals surface area (Å²) in [6, 6.07) is 16.9. The van der Waals surface area contributed by atoms with Crippen molar-refractivity contribution in [1.82, 2.24) is 14.8 Å². The number of anilines is 1. The Hall–Kier alpha value is -3.14. The van der Waals surface area contributed by atoms with Gasteiger partial charge >= 0.3 is 5.97 Å². The zero-order valence-electron chi connectivity index (χ0n) is 17.7. The second kappa shape index (κ2) is 10.2. The molecule has 0 radical (unpaired) electrons. The average molecular weight is 499 g/mol. The third kappa shape index (κ3) is 4.95. The van der Waals surface area contributed by atoms with E-state index in [0.29, 0.717) is 32.1 Å². The number of ether oxygens (including phenoxy) is 1. The van der Waals surface area contributed by atoms with Crippen molar-refractivity contribution in [3.8, 4) is 22.5 Å². The normalized spacial score (nSPS) is 10.8. The molecule has 10 heteroatoms. The topological polar surface area (TPSA) is 86.1 Å². The number of carbonyl (C=O) groups excluding carboxylic acids is 2. The van der Waals surface area contributed by atoms with Gasteiger partial charge in [0.2, 0.25) is 5.91 Å². The Bertz CT molecular complexity index is 1300. The molecule has 0 fully saturated rings. The Morgan fingerprint density at radius 1 is 1.09 bits per heavy atom. The number of halogens is 1. The van der Waals surface area contributed by atoms with Crippen molar-refractivity contribution < 1.29 is 14.3 Å². The minimum atomic E-state index is -0.504. The summed E-state index contributed by atoms with van der Waals surface area (Å²) in [6.07, 6.45) is 0. The number of aromatic nitrogens is 3. The van der Waals surface area contributed by atoms with Crippen LogP contribution in [0.15, 0.2) is 65.1 Å². The van der Waals surface area contributed by atoms with Crippen LogP contribution < -0.4 is 5.32 Å². The van der Waals surface area contributed by atoms with Gasteiger partial charge in [0.15, 0.2) is 11.0 Å². The van der Waals surface area contributed by atoms with E-state index in [4.69, 9.17) is 16.3 Å². The fourth-order valence-corrected chi connectivity index (χ4v) is 5.10. The highest BCUT2D eigenvalue weighted by Crippen LogP contribution is 2.36. The third-order valence-corrected chi connectivity index (χ3v) is 7.05. The first-order chi connectivity index (χ1) is 16.0. The number of nitrogens with one attached hydrogen (secondary N) is 1. The van der Waals surface area contributed by atoms with Crippen molar-refractivity contribution in [2.24, 2.45) is 7.05 Å². The van der Waals surface area contributed by atoms with Crippen LogP contribution in [0.4, 0.5) is 5.00 Å². The standard InChI is InChI=1S/C23H19ClN4O3S2/c1-28-20(15-10-6-7-11-17(15)24)26-27-23(28)33-13-18(29)25-21-19(22(30)31-2)16(12-32-21)14-8-4-3-5-9-14/h3-12H,13H2,1-2H3,(H,25,29). The molecule has 0 aliphatic heterocycles. The lowest BCUT2D eigenvalue weighted by molar-refractivity contribution is -0.113. The maximum absolute atomic E-state index is 12.7. The van der Waals surface area contributed by atoms with Crippen LogP contribution in [-0.4, -0.2) is 39.5 Å². The quantitative estimate of drug-likeness (QED) is 0.272. The van der Waals surface area contributed by atoms with Crippen LogP contribution in [0.2, 0.25) is 5.02 Å². The first kappa shape index (κ1) is 23.0. The van der Waals surface area contributed by atoms with E-state index in [-0.39, 0.29) is 11.7 Å². The summed E-state index contributed by atoms with van der Waals surface area (Å²) >= 11 is 8.79. The van der Waals surface area contributed by atoms with E-state index in [1.807, 2.05) is 61.0 Å². The molecule has 4 rings (SSSR count). The molecule has 0 saturated heterocycles. The molecule has 0 spiro atoms. The number of rotatable bonds is 7. The number of benzene rings is 2. The molecule has 1 amide bonds. The molecule has 7 nitrogen and oxygen atoms in total. The van der Waals surface area contributed by atoms with Crippen LogP contribution >= 0.6 is 34.7 Å². The van der Waals surface area contributed by atoms with E-state index >= 15 is 0 Å². The van der Waals surface area contributed by atoms with Crippen molar-refractivity contribution in [2.45, 2.75) is 5.16 Å². The molecule has 168 valence electrons. The Morgan fingerprint density at radius 2 is 1.82 bits per heavy atom. The van der Waals surface area contributed by atoms with Crippen LogP contribution in [0.25, 0.3) is 22.5 Å². The summed E-state index contributed by atoms with van der Waals surface area (Å²) in [6.45, 7) is 0. The summed E-state index contributed by atoms with van der Waals surface area (Å²) in [5.41, 5.74) is 2.69. The molecule has 0 aliphatic rings. The van der Waals surface area contributed by atoms with E-state index in [2.05, 4.69) is 15.5 Å². The van der Waals surface area contributed by atoms with E-state index in [9.17, 15) is 9.59 Å². The van der Waals surface area contributed by atoms with Crippen LogP contribution in [0, 0.1) is 0 Å². The van der Waals surface area contributed by atoms with Crippen molar-refractivity contribution in [2.75, 3.05) is 18.2 Å². The Morgan fingerprint density at radius 3 is 2.55 bits per heavy atom. The van der Waals surface area contributed by atoms with Crippen LogP contribution in [-0.2, 0) is 16.6 Å². The number of carbonyl (C=O) groups is 2. The fraction of sp³-hybridized carbons (Fsp3) is 0.130. The van der Waals surface area contributed by atoms with Crippen molar-refractivity contribution in [3.05, 3.63) is 70.6 Å². The van der Waals surface area contributed by atoms with Crippen molar-refractivity contribution >= 4 is 51.6 Å². The van der Waals surface area contributed by atoms with Crippen LogP contribution in [0.5, 0.6) is 0 Å². The maximum atomic E-state index is 12.7. The van der Waals surface area contributed by atoms with Gasteiger partial charge in [-0.2, -0.15) is 0 Å². The predicted octanol–water partition coefficient (Wildman–Crippen LogP) is 5.38. The molecule has 2 heterocycles. The molecule has 0 saturated carbocycles. The summed E-state index contributed by atoms with van der Waals surface area (Å²) in [5.74, 6) is -0.0693. The molecular weight excluding hydrogens is 480 g/mol. The van der Waals surface area contributed by atoms with Gasteiger partial charge in [-0.15, -0.1) is 21.5 Å². The maximum Gasteiger partial charge on any atom is 0.341 e. The first-order valence-corrected chi connectivity index (χ1v) is 12.1. The highest BCUT2D eigenvalue weighted by Gasteiger charge is 2.22. The second-order valence-electron chi connectivity index (χ2n) is 6.89. The third-order valence-electron chi connectivity index (χ3n) is 4.80. The number of hydrogen-bond donors (Lipinski definition) is 1. The summed E-state index contributed by atoms with van der Waals surface area (Å²) in [4.78, 5) is 25.1. The van der Waals surface area contributed by atoms with E-state index < -0.39 is 5.97 Å². The molecule has 1 N–H and O–H groups in total. The Kier molecular flexibility index (Phi) is 7.12. The van der Waals surface area contributed by atoms with Gasteiger partial charge < -0.3 is 14.6 Å². The largest absolute Gasteiger partial charge is 0.465 e. The van der Waals surface area contributed by atoms with Gasteiger partial charge in [0.1, 0.15) is 10.6 Å². The minimum Gasteiger partial charge on any atom is -0.465 e. The molecule has 2 aromatic heterocycles. The second-order valence-corrected chi connectivity index (χ2v) is 9.12. The molecule has 0 aliphatic carbocycles. The summed E-state index contributed by atoms with van der Waals surface area (Å²) in [5, 5.41) is 14.7. The lowest BCUT2D eigenvalue weighted by Crippen LogP contribution is -2.16. The van der Waals surface area contributed by atoms with Gasteiger partial charge in [0.05, 0.1) is 17.9 Å². The first-order valence-electron chi connectivity index (χ1n) is 9.81. The van der Waals surface area contributed by atoms with E-state index in [1.54, 1.807) is 10.6 Å². The predicted molar refractivity (Wildman–Crippen MR) is 132 cm³/mol. The monoisotopic (exact) mass is 498 g/mol. The highest BCUT2D eigenvalue weighted by atomic mass is 35.5. The molecule has 0 unspecified atom stereocenters. The van der Waals surface area contributed by atoms with E-state index in [0.717, 1.165) is 11.1 Å². The molecule has 0 bridgehead atoms. The lowest BCUT2D eigenvalue weighted by Gasteiger charge is -2.08. The van der Waals surface area contributed by atoms with Crippen LogP contribution in [0.3, 0.4) is 0 Å². The Balaban J connectivity index is 1.49. The minimum absolute atomic E-state index is 0.0910. The molecule has 2 aromatic carbocycles. The van der Waals surface area contributed by atoms with Gasteiger partial charge in [0.25, 0.3) is 0 Å².